The van der Waals surface area contributed by atoms with E-state index >= 15 is 0 Å². The highest BCUT2D eigenvalue weighted by molar-refractivity contribution is 7.92. The standard InChI is InChI=1S/C23H22N6O5S/c24-14-22(30)25-11-12-35(33,34)28-16-7-5-15(6-8-16)26-23-18-3-1-2-4-20(18)27-21-13-17(29(31)32)9-10-19(21)23/h1-10,13,28H,11-12,14,24H2,(H,25,30)(H,26,27). The van der Waals surface area contributed by atoms with Gasteiger partial charge in [-0.05, 0) is 36.4 Å². The van der Waals surface area contributed by atoms with Gasteiger partial charge in [0.2, 0.25) is 15.9 Å². The average molecular weight is 495 g/mol. The van der Waals surface area contributed by atoms with E-state index in [0.717, 1.165) is 11.1 Å². The van der Waals surface area contributed by atoms with Gasteiger partial charge in [-0.25, -0.2) is 13.4 Å². The Morgan fingerprint density at radius 1 is 0.971 bits per heavy atom. The molecule has 0 unspecified atom stereocenters. The molecule has 0 bridgehead atoms. The van der Waals surface area contributed by atoms with Gasteiger partial charge in [0.05, 0.1) is 33.9 Å². The van der Waals surface area contributed by atoms with Crippen molar-refractivity contribution in [1.82, 2.24) is 10.3 Å². The molecule has 1 amide bonds. The Hall–Kier alpha value is -4.29. The minimum atomic E-state index is -3.67. The molecule has 11 nitrogen and oxygen atoms in total. The van der Waals surface area contributed by atoms with E-state index in [-0.39, 0.29) is 24.5 Å². The van der Waals surface area contributed by atoms with Crippen molar-refractivity contribution >= 4 is 60.5 Å². The fourth-order valence-electron chi connectivity index (χ4n) is 3.52. The Kier molecular flexibility index (Phi) is 6.75. The van der Waals surface area contributed by atoms with E-state index in [1.165, 1.54) is 12.1 Å². The first-order chi connectivity index (χ1) is 16.8. The van der Waals surface area contributed by atoms with E-state index in [9.17, 15) is 23.3 Å². The van der Waals surface area contributed by atoms with Crippen molar-refractivity contribution in [3.8, 4) is 0 Å². The molecule has 3 aromatic carbocycles. The molecule has 1 aromatic heterocycles. The number of nitrogens with one attached hydrogen (secondary N) is 3. The summed E-state index contributed by atoms with van der Waals surface area (Å²) in [6.45, 7) is -0.258. The highest BCUT2D eigenvalue weighted by Gasteiger charge is 2.14. The summed E-state index contributed by atoms with van der Waals surface area (Å²) in [6, 6.07) is 18.6. The van der Waals surface area contributed by atoms with Gasteiger partial charge in [0.25, 0.3) is 5.69 Å². The summed E-state index contributed by atoms with van der Waals surface area (Å²) in [6.07, 6.45) is 0. The van der Waals surface area contributed by atoms with Crippen LogP contribution in [0.2, 0.25) is 0 Å². The van der Waals surface area contributed by atoms with Gasteiger partial charge in [-0.2, -0.15) is 0 Å². The van der Waals surface area contributed by atoms with Crippen LogP contribution in [0.1, 0.15) is 0 Å². The number of hydrogen-bond acceptors (Lipinski definition) is 8. The fraction of sp³-hybridized carbons (Fsp3) is 0.130. The number of aromatic nitrogens is 1. The number of nitro benzene ring substituents is 1. The Morgan fingerprint density at radius 3 is 2.37 bits per heavy atom. The molecule has 0 aliphatic rings. The lowest BCUT2D eigenvalue weighted by Crippen LogP contribution is -2.35. The molecule has 12 heteroatoms. The van der Waals surface area contributed by atoms with Gasteiger partial charge in [0.1, 0.15) is 0 Å². The van der Waals surface area contributed by atoms with Crippen LogP contribution in [0.4, 0.5) is 22.7 Å². The molecule has 0 aliphatic heterocycles. The Morgan fingerprint density at radius 2 is 1.66 bits per heavy atom. The number of nitrogens with two attached hydrogens (primary N) is 1. The zero-order chi connectivity index (χ0) is 25.0. The van der Waals surface area contributed by atoms with Gasteiger partial charge >= 0.3 is 0 Å². The maximum absolute atomic E-state index is 12.2. The highest BCUT2D eigenvalue weighted by atomic mass is 32.2. The topological polar surface area (TPSA) is 169 Å². The van der Waals surface area contributed by atoms with E-state index in [1.54, 1.807) is 30.3 Å². The lowest BCUT2D eigenvalue weighted by atomic mass is 10.1. The molecule has 0 radical (unpaired) electrons. The van der Waals surface area contributed by atoms with Crippen LogP contribution in [0.3, 0.4) is 0 Å². The first-order valence-electron chi connectivity index (χ1n) is 10.6. The van der Waals surface area contributed by atoms with Gasteiger partial charge in [0.15, 0.2) is 0 Å². The number of amides is 1. The van der Waals surface area contributed by atoms with Crippen molar-refractivity contribution < 1.29 is 18.1 Å². The number of sulfonamides is 1. The molecule has 0 saturated heterocycles. The second-order valence-corrected chi connectivity index (χ2v) is 9.48. The summed E-state index contributed by atoms with van der Waals surface area (Å²) in [5.41, 5.74) is 8.05. The van der Waals surface area contributed by atoms with Gasteiger partial charge in [-0.3, -0.25) is 19.6 Å². The van der Waals surface area contributed by atoms with E-state index in [2.05, 4.69) is 20.3 Å². The molecule has 0 aliphatic carbocycles. The first-order valence-corrected chi connectivity index (χ1v) is 12.2. The molecule has 4 aromatic rings. The molecule has 35 heavy (non-hydrogen) atoms. The first kappa shape index (κ1) is 23.9. The Labute approximate surface area is 200 Å². The van der Waals surface area contributed by atoms with Gasteiger partial charge in [-0.1, -0.05) is 18.2 Å². The van der Waals surface area contributed by atoms with Gasteiger partial charge in [0, 0.05) is 40.8 Å². The summed E-state index contributed by atoms with van der Waals surface area (Å²) >= 11 is 0. The number of anilines is 3. The zero-order valence-corrected chi connectivity index (χ0v) is 19.2. The van der Waals surface area contributed by atoms with Crippen molar-refractivity contribution in [3.05, 3.63) is 76.8 Å². The van der Waals surface area contributed by atoms with Crippen molar-refractivity contribution in [3.63, 3.8) is 0 Å². The number of carbonyl (C=O) groups excluding carboxylic acids is 1. The molecule has 0 atom stereocenters. The lowest BCUT2D eigenvalue weighted by Gasteiger charge is -2.14. The number of benzene rings is 3. The van der Waals surface area contributed by atoms with Crippen molar-refractivity contribution in [2.45, 2.75) is 0 Å². The zero-order valence-electron chi connectivity index (χ0n) is 18.4. The SMILES string of the molecule is NCC(=O)NCCS(=O)(=O)Nc1ccc(Nc2c3ccccc3nc3cc([N+](=O)[O-])ccc23)cc1. The maximum atomic E-state index is 12.2. The van der Waals surface area contributed by atoms with Gasteiger partial charge in [-0.15, -0.1) is 0 Å². The van der Waals surface area contributed by atoms with Crippen LogP contribution in [0.15, 0.2) is 66.7 Å². The third-order valence-electron chi connectivity index (χ3n) is 5.18. The molecule has 5 N–H and O–H groups in total. The molecule has 180 valence electrons. The van der Waals surface area contributed by atoms with Crippen LogP contribution >= 0.6 is 0 Å². The number of pyridine rings is 1. The summed E-state index contributed by atoms with van der Waals surface area (Å²) < 4.78 is 27.0. The molecule has 0 spiro atoms. The summed E-state index contributed by atoms with van der Waals surface area (Å²) in [7, 11) is -3.67. The molecular weight excluding hydrogens is 472 g/mol. The maximum Gasteiger partial charge on any atom is 0.271 e. The number of rotatable bonds is 9. The largest absolute Gasteiger partial charge is 0.354 e. The number of non-ortho nitro benzene ring substituents is 1. The number of fused-ring (bicyclic) bond motifs is 2. The second kappa shape index (κ2) is 9.91. The third-order valence-corrected chi connectivity index (χ3v) is 6.47. The highest BCUT2D eigenvalue weighted by Crippen LogP contribution is 2.34. The minimum absolute atomic E-state index is 0.0502. The van der Waals surface area contributed by atoms with Crippen LogP contribution < -0.4 is 21.1 Å². The van der Waals surface area contributed by atoms with Crippen LogP contribution in [-0.4, -0.2) is 43.1 Å². The summed E-state index contributed by atoms with van der Waals surface area (Å²) in [4.78, 5) is 26.5. The van der Waals surface area contributed by atoms with E-state index in [1.807, 2.05) is 24.3 Å². The second-order valence-electron chi connectivity index (χ2n) is 7.64. The van der Waals surface area contributed by atoms with E-state index in [0.29, 0.717) is 27.8 Å². The smallest absolute Gasteiger partial charge is 0.271 e. The number of hydrogen-bond donors (Lipinski definition) is 4. The molecule has 4 rings (SSSR count). The average Bonchev–Trinajstić information content (AvgIpc) is 2.84. The van der Waals surface area contributed by atoms with E-state index < -0.39 is 20.9 Å². The van der Waals surface area contributed by atoms with Gasteiger partial charge < -0.3 is 16.4 Å². The lowest BCUT2D eigenvalue weighted by molar-refractivity contribution is -0.384. The number of carbonyl (C=O) groups is 1. The summed E-state index contributed by atoms with van der Waals surface area (Å²) in [5.74, 6) is -0.721. The van der Waals surface area contributed by atoms with Crippen LogP contribution in [0.25, 0.3) is 21.8 Å². The monoisotopic (exact) mass is 494 g/mol. The number of para-hydroxylation sites is 1. The van der Waals surface area contributed by atoms with Crippen molar-refractivity contribution in [1.29, 1.82) is 0 Å². The fourth-order valence-corrected chi connectivity index (χ4v) is 4.49. The van der Waals surface area contributed by atoms with Crippen LogP contribution in [0.5, 0.6) is 0 Å². The predicted molar refractivity (Wildman–Crippen MR) is 135 cm³/mol. The quantitative estimate of drug-likeness (QED) is 0.156. The molecule has 0 fully saturated rings. The number of nitro groups is 1. The molecule has 1 heterocycles. The normalized spacial score (nSPS) is 11.3. The third kappa shape index (κ3) is 5.62. The van der Waals surface area contributed by atoms with Crippen LogP contribution in [-0.2, 0) is 14.8 Å². The van der Waals surface area contributed by atoms with Crippen LogP contribution in [0, 0.1) is 10.1 Å². The molecule has 0 saturated carbocycles. The number of nitrogens with zero attached hydrogens (tertiary/aromatic N) is 2. The Balaban J connectivity index is 1.58. The van der Waals surface area contributed by atoms with E-state index in [4.69, 9.17) is 5.73 Å². The predicted octanol–water partition coefficient (Wildman–Crippen LogP) is 2.86. The summed E-state index contributed by atoms with van der Waals surface area (Å²) in [5, 5.41) is 18.5. The minimum Gasteiger partial charge on any atom is -0.354 e. The molecular formula is C23H22N6O5S. The Bertz CT molecular complexity index is 1520. The van der Waals surface area contributed by atoms with Crippen molar-refractivity contribution in [2.75, 3.05) is 28.9 Å². The van der Waals surface area contributed by atoms with Crippen molar-refractivity contribution in [2.24, 2.45) is 5.73 Å².